The first-order chi connectivity index (χ1) is 10.2. The van der Waals surface area contributed by atoms with E-state index in [2.05, 4.69) is 48.0 Å². The standard InChI is InChI=1S/C17H27N3O/c1-4-10-18-15(8-9-17-7-6-11-21-17)13-16-12-14(3)19-20(16)5-2/h6-7,11-12,15,18H,4-5,8-10,13H2,1-3H3. The second-order valence-electron chi connectivity index (χ2n) is 5.57. The van der Waals surface area contributed by atoms with Crippen molar-refractivity contribution in [2.45, 2.75) is 59.0 Å². The second kappa shape index (κ2) is 8.03. The summed E-state index contributed by atoms with van der Waals surface area (Å²) in [7, 11) is 0. The fourth-order valence-electron chi connectivity index (χ4n) is 2.69. The molecular weight excluding hydrogens is 262 g/mol. The molecule has 2 rings (SSSR count). The zero-order valence-corrected chi connectivity index (χ0v) is 13.4. The summed E-state index contributed by atoms with van der Waals surface area (Å²) in [5.41, 5.74) is 2.43. The Morgan fingerprint density at radius 3 is 2.90 bits per heavy atom. The van der Waals surface area contributed by atoms with Crippen LogP contribution in [-0.4, -0.2) is 22.4 Å². The van der Waals surface area contributed by atoms with E-state index in [-0.39, 0.29) is 0 Å². The first-order valence-electron chi connectivity index (χ1n) is 8.02. The molecule has 0 aromatic carbocycles. The molecule has 0 aliphatic rings. The number of nitrogens with one attached hydrogen (secondary N) is 1. The Morgan fingerprint density at radius 2 is 2.24 bits per heavy atom. The fourth-order valence-corrected chi connectivity index (χ4v) is 2.69. The van der Waals surface area contributed by atoms with E-state index in [1.807, 2.05) is 6.07 Å². The molecule has 21 heavy (non-hydrogen) atoms. The van der Waals surface area contributed by atoms with Crippen LogP contribution in [-0.2, 0) is 19.4 Å². The molecule has 0 saturated carbocycles. The largest absolute Gasteiger partial charge is 0.469 e. The molecule has 1 atom stereocenters. The number of furan rings is 1. The topological polar surface area (TPSA) is 43.0 Å². The maximum Gasteiger partial charge on any atom is 0.103 e. The molecule has 2 heterocycles. The lowest BCUT2D eigenvalue weighted by Gasteiger charge is -2.18. The number of hydrogen-bond acceptors (Lipinski definition) is 3. The van der Waals surface area contributed by atoms with E-state index in [9.17, 15) is 0 Å². The van der Waals surface area contributed by atoms with Crippen molar-refractivity contribution >= 4 is 0 Å². The molecular formula is C17H27N3O. The zero-order valence-electron chi connectivity index (χ0n) is 13.4. The van der Waals surface area contributed by atoms with Crippen LogP contribution in [0.1, 0.15) is 43.8 Å². The first-order valence-corrected chi connectivity index (χ1v) is 8.02. The van der Waals surface area contributed by atoms with Gasteiger partial charge in [0.1, 0.15) is 5.76 Å². The molecule has 0 bridgehead atoms. The van der Waals surface area contributed by atoms with Gasteiger partial charge in [-0.3, -0.25) is 4.68 Å². The van der Waals surface area contributed by atoms with Crippen molar-refractivity contribution in [3.05, 3.63) is 41.6 Å². The summed E-state index contributed by atoms with van der Waals surface area (Å²) in [6.07, 6.45) is 5.99. The molecule has 1 unspecified atom stereocenters. The van der Waals surface area contributed by atoms with Crippen molar-refractivity contribution < 1.29 is 4.42 Å². The van der Waals surface area contributed by atoms with Gasteiger partial charge in [0.05, 0.1) is 12.0 Å². The van der Waals surface area contributed by atoms with Crippen LogP contribution in [0.2, 0.25) is 0 Å². The lowest BCUT2D eigenvalue weighted by atomic mass is 10.0. The maximum absolute atomic E-state index is 5.44. The summed E-state index contributed by atoms with van der Waals surface area (Å²) in [6.45, 7) is 8.40. The Labute approximate surface area is 127 Å². The Morgan fingerprint density at radius 1 is 1.38 bits per heavy atom. The van der Waals surface area contributed by atoms with Crippen LogP contribution >= 0.6 is 0 Å². The van der Waals surface area contributed by atoms with Gasteiger partial charge < -0.3 is 9.73 Å². The van der Waals surface area contributed by atoms with Gasteiger partial charge in [-0.15, -0.1) is 0 Å². The summed E-state index contributed by atoms with van der Waals surface area (Å²) in [4.78, 5) is 0. The van der Waals surface area contributed by atoms with Gasteiger partial charge >= 0.3 is 0 Å². The highest BCUT2D eigenvalue weighted by Gasteiger charge is 2.13. The van der Waals surface area contributed by atoms with Crippen molar-refractivity contribution in [2.24, 2.45) is 0 Å². The second-order valence-corrected chi connectivity index (χ2v) is 5.57. The first kappa shape index (κ1) is 15.8. The van der Waals surface area contributed by atoms with E-state index in [1.54, 1.807) is 6.26 Å². The normalized spacial score (nSPS) is 12.7. The lowest BCUT2D eigenvalue weighted by molar-refractivity contribution is 0.432. The molecule has 0 aliphatic carbocycles. The Balaban J connectivity index is 1.97. The summed E-state index contributed by atoms with van der Waals surface area (Å²) >= 11 is 0. The number of aromatic nitrogens is 2. The minimum atomic E-state index is 0.469. The number of aryl methyl sites for hydroxylation is 3. The predicted molar refractivity (Wildman–Crippen MR) is 85.5 cm³/mol. The number of hydrogen-bond donors (Lipinski definition) is 1. The Hall–Kier alpha value is -1.55. The number of rotatable bonds is 9. The molecule has 1 N–H and O–H groups in total. The quantitative estimate of drug-likeness (QED) is 0.770. The van der Waals surface area contributed by atoms with Crippen molar-refractivity contribution in [3.8, 4) is 0 Å². The molecule has 0 radical (unpaired) electrons. The Kier molecular flexibility index (Phi) is 6.05. The third-order valence-electron chi connectivity index (χ3n) is 3.74. The van der Waals surface area contributed by atoms with Crippen LogP contribution in [0.5, 0.6) is 0 Å². The summed E-state index contributed by atoms with van der Waals surface area (Å²) in [6, 6.07) is 6.68. The van der Waals surface area contributed by atoms with Crippen molar-refractivity contribution in [3.63, 3.8) is 0 Å². The van der Waals surface area contributed by atoms with E-state index in [4.69, 9.17) is 4.42 Å². The Bertz CT molecular complexity index is 516. The van der Waals surface area contributed by atoms with Crippen LogP contribution in [0.25, 0.3) is 0 Å². The van der Waals surface area contributed by atoms with Crippen LogP contribution in [0.15, 0.2) is 28.9 Å². The lowest BCUT2D eigenvalue weighted by Crippen LogP contribution is -2.33. The summed E-state index contributed by atoms with van der Waals surface area (Å²) < 4.78 is 7.56. The molecule has 0 spiro atoms. The van der Waals surface area contributed by atoms with Gasteiger partial charge in [0.2, 0.25) is 0 Å². The summed E-state index contributed by atoms with van der Waals surface area (Å²) in [5.74, 6) is 1.07. The van der Waals surface area contributed by atoms with Crippen LogP contribution in [0, 0.1) is 6.92 Å². The SMILES string of the molecule is CCCNC(CCc1ccco1)Cc1cc(C)nn1CC. The van der Waals surface area contributed by atoms with Gasteiger partial charge in [-0.2, -0.15) is 5.10 Å². The average Bonchev–Trinajstić information content (AvgIpc) is 3.11. The predicted octanol–water partition coefficient (Wildman–Crippen LogP) is 3.35. The highest BCUT2D eigenvalue weighted by atomic mass is 16.3. The zero-order chi connectivity index (χ0) is 15.1. The summed E-state index contributed by atoms with van der Waals surface area (Å²) in [5, 5.41) is 8.20. The maximum atomic E-state index is 5.44. The molecule has 2 aromatic rings. The molecule has 0 aliphatic heterocycles. The van der Waals surface area contributed by atoms with Gasteiger partial charge in [0, 0.05) is 31.1 Å². The van der Waals surface area contributed by atoms with Gasteiger partial charge in [-0.25, -0.2) is 0 Å². The van der Waals surface area contributed by atoms with Crippen molar-refractivity contribution in [1.29, 1.82) is 0 Å². The van der Waals surface area contributed by atoms with Gasteiger partial charge in [-0.05, 0) is 51.4 Å². The third-order valence-corrected chi connectivity index (χ3v) is 3.74. The molecule has 0 saturated heterocycles. The molecule has 4 heteroatoms. The van der Waals surface area contributed by atoms with Crippen LogP contribution < -0.4 is 5.32 Å². The molecule has 0 amide bonds. The monoisotopic (exact) mass is 289 g/mol. The van der Waals surface area contributed by atoms with Gasteiger partial charge in [-0.1, -0.05) is 6.92 Å². The highest BCUT2D eigenvalue weighted by molar-refractivity contribution is 5.11. The highest BCUT2D eigenvalue weighted by Crippen LogP contribution is 2.12. The third kappa shape index (κ3) is 4.74. The van der Waals surface area contributed by atoms with Crippen LogP contribution in [0.4, 0.5) is 0 Å². The van der Waals surface area contributed by atoms with Gasteiger partial charge in [0.25, 0.3) is 0 Å². The molecule has 116 valence electrons. The van der Waals surface area contributed by atoms with E-state index < -0.39 is 0 Å². The van der Waals surface area contributed by atoms with Crippen LogP contribution in [0.3, 0.4) is 0 Å². The van der Waals surface area contributed by atoms with E-state index >= 15 is 0 Å². The fraction of sp³-hybridized carbons (Fsp3) is 0.588. The average molecular weight is 289 g/mol. The molecule has 2 aromatic heterocycles. The molecule has 0 fully saturated rings. The minimum Gasteiger partial charge on any atom is -0.469 e. The van der Waals surface area contributed by atoms with E-state index in [0.717, 1.165) is 50.2 Å². The van der Waals surface area contributed by atoms with Crippen molar-refractivity contribution in [2.75, 3.05) is 6.54 Å². The number of nitrogens with zero attached hydrogens (tertiary/aromatic N) is 2. The smallest absolute Gasteiger partial charge is 0.103 e. The van der Waals surface area contributed by atoms with Crippen molar-refractivity contribution in [1.82, 2.24) is 15.1 Å². The molecule has 4 nitrogen and oxygen atoms in total. The van der Waals surface area contributed by atoms with E-state index in [0.29, 0.717) is 6.04 Å². The van der Waals surface area contributed by atoms with E-state index in [1.165, 1.54) is 5.69 Å². The van der Waals surface area contributed by atoms with Gasteiger partial charge in [0.15, 0.2) is 0 Å². The minimum absolute atomic E-state index is 0.469.